The van der Waals surface area contributed by atoms with E-state index in [1.165, 1.54) is 12.2 Å². The molecular formula is C7H7NO3. The van der Waals surface area contributed by atoms with Crippen molar-refractivity contribution in [3.8, 4) is 0 Å². The van der Waals surface area contributed by atoms with Gasteiger partial charge in [0.25, 0.3) is 5.54 Å². The van der Waals surface area contributed by atoms with E-state index in [2.05, 4.69) is 0 Å². The average Bonchev–Trinajstić information content (AvgIpc) is 2.05. The van der Waals surface area contributed by atoms with Crippen molar-refractivity contribution in [3.05, 3.63) is 34.4 Å². The summed E-state index contributed by atoms with van der Waals surface area (Å²) in [5, 5.41) is 10.4. The Bertz CT molecular complexity index is 244. The molecule has 0 radical (unpaired) electrons. The van der Waals surface area contributed by atoms with Crippen LogP contribution in [-0.4, -0.2) is 16.7 Å². The van der Waals surface area contributed by atoms with Gasteiger partial charge >= 0.3 is 0 Å². The van der Waals surface area contributed by atoms with Gasteiger partial charge in [0.2, 0.25) is 6.29 Å². The molecule has 0 heterocycles. The van der Waals surface area contributed by atoms with Gasteiger partial charge in [-0.15, -0.1) is 0 Å². The summed E-state index contributed by atoms with van der Waals surface area (Å²) < 4.78 is 0. The van der Waals surface area contributed by atoms with E-state index in [0.29, 0.717) is 6.29 Å². The Balaban J connectivity index is 2.94. The number of allylic oxidation sites excluding steroid dienone is 2. The third-order valence-corrected chi connectivity index (χ3v) is 1.62. The van der Waals surface area contributed by atoms with E-state index in [4.69, 9.17) is 0 Å². The van der Waals surface area contributed by atoms with Crippen molar-refractivity contribution in [3.63, 3.8) is 0 Å². The fraction of sp³-hybridized carbons (Fsp3) is 0.286. The predicted molar refractivity (Wildman–Crippen MR) is 38.7 cm³/mol. The van der Waals surface area contributed by atoms with Crippen LogP contribution < -0.4 is 0 Å². The first kappa shape index (κ1) is 7.65. The molecule has 0 aliphatic heterocycles. The molecule has 0 aromatic heterocycles. The number of nitrogens with zero attached hydrogens (tertiary/aromatic N) is 1. The number of nitro groups is 1. The Morgan fingerprint density at radius 1 is 1.55 bits per heavy atom. The number of hydrogen-bond acceptors (Lipinski definition) is 3. The van der Waals surface area contributed by atoms with Gasteiger partial charge < -0.3 is 0 Å². The van der Waals surface area contributed by atoms with E-state index >= 15 is 0 Å². The third-order valence-electron chi connectivity index (χ3n) is 1.62. The predicted octanol–water partition coefficient (Wildman–Crippen LogP) is 0.717. The van der Waals surface area contributed by atoms with E-state index in [1.54, 1.807) is 12.2 Å². The molecule has 1 aliphatic rings. The molecule has 4 heteroatoms. The van der Waals surface area contributed by atoms with Gasteiger partial charge in [0, 0.05) is 11.3 Å². The molecule has 11 heavy (non-hydrogen) atoms. The SMILES string of the molecule is O=CC1([N+](=O)[O-])C=CC=CC1. The van der Waals surface area contributed by atoms with Gasteiger partial charge in [-0.3, -0.25) is 14.9 Å². The average molecular weight is 153 g/mol. The van der Waals surface area contributed by atoms with Gasteiger partial charge in [0.05, 0.1) is 0 Å². The molecule has 0 fully saturated rings. The van der Waals surface area contributed by atoms with Gasteiger partial charge in [0.1, 0.15) is 0 Å². The van der Waals surface area contributed by atoms with Crippen LogP contribution in [-0.2, 0) is 4.79 Å². The smallest absolute Gasteiger partial charge is 0.295 e. The molecule has 58 valence electrons. The number of carbonyl (C=O) groups is 1. The van der Waals surface area contributed by atoms with Crippen LogP contribution in [0, 0.1) is 10.1 Å². The molecule has 0 saturated carbocycles. The normalized spacial score (nSPS) is 28.4. The van der Waals surface area contributed by atoms with Crippen LogP contribution in [0.25, 0.3) is 0 Å². The van der Waals surface area contributed by atoms with Crippen LogP contribution in [0.5, 0.6) is 0 Å². The lowest BCUT2D eigenvalue weighted by atomic mass is 9.94. The van der Waals surface area contributed by atoms with Gasteiger partial charge in [-0.2, -0.15) is 0 Å². The van der Waals surface area contributed by atoms with Crippen molar-refractivity contribution in [2.75, 3.05) is 0 Å². The van der Waals surface area contributed by atoms with Crippen LogP contribution in [0.2, 0.25) is 0 Å². The fourth-order valence-corrected chi connectivity index (χ4v) is 0.891. The molecule has 0 saturated heterocycles. The first-order valence-electron chi connectivity index (χ1n) is 3.16. The van der Waals surface area contributed by atoms with Crippen molar-refractivity contribution in [1.29, 1.82) is 0 Å². The van der Waals surface area contributed by atoms with E-state index in [1.807, 2.05) is 0 Å². The molecule has 1 aliphatic carbocycles. The maximum absolute atomic E-state index is 10.4. The first-order chi connectivity index (χ1) is 5.21. The van der Waals surface area contributed by atoms with E-state index in [0.717, 1.165) is 0 Å². The van der Waals surface area contributed by atoms with Crippen LogP contribution >= 0.6 is 0 Å². The summed E-state index contributed by atoms with van der Waals surface area (Å²) in [7, 11) is 0. The zero-order chi connectivity index (χ0) is 8.32. The van der Waals surface area contributed by atoms with Crippen LogP contribution in [0.3, 0.4) is 0 Å². The zero-order valence-corrected chi connectivity index (χ0v) is 5.77. The minimum Gasteiger partial charge on any atom is -0.295 e. The molecule has 0 bridgehead atoms. The lowest BCUT2D eigenvalue weighted by Crippen LogP contribution is -2.38. The van der Waals surface area contributed by atoms with Gasteiger partial charge in [-0.1, -0.05) is 18.2 Å². The summed E-state index contributed by atoms with van der Waals surface area (Å²) in [6.07, 6.45) is 6.64. The summed E-state index contributed by atoms with van der Waals surface area (Å²) in [4.78, 5) is 20.2. The monoisotopic (exact) mass is 153 g/mol. The summed E-state index contributed by atoms with van der Waals surface area (Å²) in [5.74, 6) is 0. The van der Waals surface area contributed by atoms with Crippen molar-refractivity contribution >= 4 is 6.29 Å². The third kappa shape index (κ3) is 1.19. The van der Waals surface area contributed by atoms with Crippen LogP contribution in [0.4, 0.5) is 0 Å². The van der Waals surface area contributed by atoms with E-state index in [-0.39, 0.29) is 6.42 Å². The molecule has 4 nitrogen and oxygen atoms in total. The molecule has 0 spiro atoms. The number of aldehydes is 1. The lowest BCUT2D eigenvalue weighted by Gasteiger charge is -2.14. The highest BCUT2D eigenvalue weighted by Crippen LogP contribution is 2.18. The van der Waals surface area contributed by atoms with Crippen LogP contribution in [0.1, 0.15) is 6.42 Å². The molecule has 0 amide bonds. The largest absolute Gasteiger partial charge is 0.298 e. The molecular weight excluding hydrogens is 146 g/mol. The highest BCUT2D eigenvalue weighted by atomic mass is 16.6. The molecule has 0 aromatic rings. The molecule has 1 atom stereocenters. The topological polar surface area (TPSA) is 60.2 Å². The maximum atomic E-state index is 10.4. The molecule has 0 aromatic carbocycles. The minimum atomic E-state index is -1.51. The zero-order valence-electron chi connectivity index (χ0n) is 5.77. The standard InChI is InChI=1S/C7H7NO3/c9-6-7(8(10)11)4-2-1-3-5-7/h1-4,6H,5H2. The number of carbonyl (C=O) groups excluding carboxylic acids is 1. The Labute approximate surface area is 63.4 Å². The Morgan fingerprint density at radius 3 is 2.55 bits per heavy atom. The summed E-state index contributed by atoms with van der Waals surface area (Å²) in [5.41, 5.74) is -1.51. The molecule has 1 rings (SSSR count). The second kappa shape index (κ2) is 2.65. The fourth-order valence-electron chi connectivity index (χ4n) is 0.891. The second-order valence-electron chi connectivity index (χ2n) is 2.36. The maximum Gasteiger partial charge on any atom is 0.298 e. The Hall–Kier alpha value is -1.45. The van der Waals surface area contributed by atoms with Crippen molar-refractivity contribution in [2.45, 2.75) is 12.0 Å². The Kier molecular flexibility index (Phi) is 1.85. The highest BCUT2D eigenvalue weighted by Gasteiger charge is 2.39. The summed E-state index contributed by atoms with van der Waals surface area (Å²) in [6, 6.07) is 0. The highest BCUT2D eigenvalue weighted by molar-refractivity contribution is 5.66. The van der Waals surface area contributed by atoms with Gasteiger partial charge in [-0.25, -0.2) is 0 Å². The van der Waals surface area contributed by atoms with Crippen molar-refractivity contribution in [1.82, 2.24) is 0 Å². The second-order valence-corrected chi connectivity index (χ2v) is 2.36. The van der Waals surface area contributed by atoms with Gasteiger partial charge in [0.15, 0.2) is 0 Å². The van der Waals surface area contributed by atoms with Gasteiger partial charge in [-0.05, 0) is 6.08 Å². The number of rotatable bonds is 2. The number of hydrogen-bond donors (Lipinski definition) is 0. The van der Waals surface area contributed by atoms with E-state index < -0.39 is 10.5 Å². The molecule has 0 N–H and O–H groups in total. The minimum absolute atomic E-state index is 0.153. The van der Waals surface area contributed by atoms with Crippen LogP contribution in [0.15, 0.2) is 24.3 Å². The van der Waals surface area contributed by atoms with Crippen molar-refractivity contribution < 1.29 is 9.72 Å². The lowest BCUT2D eigenvalue weighted by molar-refractivity contribution is -0.534. The summed E-state index contributed by atoms with van der Waals surface area (Å²) in [6.45, 7) is 0. The van der Waals surface area contributed by atoms with E-state index in [9.17, 15) is 14.9 Å². The Morgan fingerprint density at radius 2 is 2.27 bits per heavy atom. The molecule has 1 unspecified atom stereocenters. The van der Waals surface area contributed by atoms with Crippen molar-refractivity contribution in [2.24, 2.45) is 0 Å². The quantitative estimate of drug-likeness (QED) is 0.333. The summed E-state index contributed by atoms with van der Waals surface area (Å²) >= 11 is 0. The first-order valence-corrected chi connectivity index (χ1v) is 3.16.